The lowest BCUT2D eigenvalue weighted by Gasteiger charge is -2.13. The molecule has 0 bridgehead atoms. The Kier molecular flexibility index (Phi) is 6.35. The number of anilines is 1. The molecule has 0 spiro atoms. The summed E-state index contributed by atoms with van der Waals surface area (Å²) < 4.78 is 10.4. The topological polar surface area (TPSA) is 47.6 Å². The average Bonchev–Trinajstić information content (AvgIpc) is 2.56. The minimum Gasteiger partial charge on any atom is -0.495 e. The van der Waals surface area contributed by atoms with Gasteiger partial charge >= 0.3 is 0 Å². The number of ether oxygens (including phenoxy) is 2. The first kappa shape index (κ1) is 18.4. The molecule has 6 heteroatoms. The zero-order valence-electron chi connectivity index (χ0n) is 13.8. The van der Waals surface area contributed by atoms with Crippen LogP contribution in [0.1, 0.15) is 17.5 Å². The molecule has 0 fully saturated rings. The number of carbonyl (C=O) groups excluding carboxylic acids is 1. The Morgan fingerprint density at radius 3 is 2.38 bits per heavy atom. The van der Waals surface area contributed by atoms with Crippen LogP contribution in [0.2, 0.25) is 10.0 Å². The zero-order valence-corrected chi connectivity index (χ0v) is 15.3. The number of nitrogens with one attached hydrogen (secondary N) is 1. The molecule has 4 nitrogen and oxygen atoms in total. The summed E-state index contributed by atoms with van der Waals surface area (Å²) in [4.78, 5) is 12.2. The second kappa shape index (κ2) is 8.27. The van der Waals surface area contributed by atoms with E-state index in [1.807, 2.05) is 25.1 Å². The van der Waals surface area contributed by atoms with E-state index in [9.17, 15) is 4.79 Å². The molecule has 0 unspecified atom stereocenters. The van der Waals surface area contributed by atoms with E-state index < -0.39 is 0 Å². The Morgan fingerprint density at radius 1 is 1.04 bits per heavy atom. The van der Waals surface area contributed by atoms with Gasteiger partial charge in [-0.05, 0) is 36.6 Å². The van der Waals surface area contributed by atoms with Crippen LogP contribution in [-0.4, -0.2) is 20.1 Å². The number of benzene rings is 2. The smallest absolute Gasteiger partial charge is 0.224 e. The lowest BCUT2D eigenvalue weighted by molar-refractivity contribution is -0.116. The zero-order chi connectivity index (χ0) is 17.7. The number of rotatable bonds is 6. The second-order valence-corrected chi connectivity index (χ2v) is 6.13. The fraction of sp³-hybridized carbons (Fsp3) is 0.278. The Labute approximate surface area is 151 Å². The summed E-state index contributed by atoms with van der Waals surface area (Å²) in [5, 5.41) is 3.92. The van der Waals surface area contributed by atoms with Crippen molar-refractivity contribution in [3.8, 4) is 11.5 Å². The van der Waals surface area contributed by atoms with Crippen molar-refractivity contribution in [2.24, 2.45) is 0 Å². The van der Waals surface area contributed by atoms with Crippen molar-refractivity contribution in [1.29, 1.82) is 0 Å². The maximum absolute atomic E-state index is 12.2. The van der Waals surface area contributed by atoms with E-state index in [1.54, 1.807) is 12.1 Å². The van der Waals surface area contributed by atoms with Gasteiger partial charge < -0.3 is 14.8 Å². The summed E-state index contributed by atoms with van der Waals surface area (Å²) in [6, 6.07) is 9.05. The molecule has 0 aliphatic carbocycles. The van der Waals surface area contributed by atoms with Crippen molar-refractivity contribution in [2.75, 3.05) is 19.5 Å². The summed E-state index contributed by atoms with van der Waals surface area (Å²) in [6.07, 6.45) is 0.921. The number of amides is 1. The molecular weight excluding hydrogens is 349 g/mol. The third kappa shape index (κ3) is 4.56. The van der Waals surface area contributed by atoms with Crippen LogP contribution in [-0.2, 0) is 11.2 Å². The molecule has 0 aliphatic heterocycles. The normalized spacial score (nSPS) is 10.4. The van der Waals surface area contributed by atoms with Crippen molar-refractivity contribution in [1.82, 2.24) is 0 Å². The van der Waals surface area contributed by atoms with Crippen LogP contribution < -0.4 is 14.8 Å². The highest BCUT2D eigenvalue weighted by Crippen LogP contribution is 2.35. The number of aryl methyl sites for hydroxylation is 2. The molecule has 0 atom stereocenters. The van der Waals surface area contributed by atoms with Gasteiger partial charge in [0.25, 0.3) is 0 Å². The number of methoxy groups -OCH3 is 2. The van der Waals surface area contributed by atoms with Gasteiger partial charge in [0, 0.05) is 17.5 Å². The van der Waals surface area contributed by atoms with E-state index in [-0.39, 0.29) is 5.91 Å². The van der Waals surface area contributed by atoms with Gasteiger partial charge in [-0.2, -0.15) is 0 Å². The summed E-state index contributed by atoms with van der Waals surface area (Å²) in [5.74, 6) is 0.843. The first-order valence-electron chi connectivity index (χ1n) is 7.41. The quantitative estimate of drug-likeness (QED) is 0.790. The molecular formula is C18H19Cl2NO3. The molecule has 24 heavy (non-hydrogen) atoms. The molecule has 2 rings (SSSR count). The van der Waals surface area contributed by atoms with E-state index >= 15 is 0 Å². The van der Waals surface area contributed by atoms with E-state index in [2.05, 4.69) is 5.32 Å². The largest absolute Gasteiger partial charge is 0.495 e. The standard InChI is InChI=1S/C18H19Cl2NO3/c1-11-4-5-12(8-13(11)19)6-7-18(22)21-15-9-14(20)16(23-2)10-17(15)24-3/h4-5,8-10H,6-7H2,1-3H3,(H,21,22). The molecule has 2 aromatic carbocycles. The third-order valence-electron chi connectivity index (χ3n) is 3.62. The molecule has 0 aliphatic rings. The highest BCUT2D eigenvalue weighted by Gasteiger charge is 2.12. The molecule has 1 N–H and O–H groups in total. The van der Waals surface area contributed by atoms with Crippen LogP contribution in [0.4, 0.5) is 5.69 Å². The maximum Gasteiger partial charge on any atom is 0.224 e. The van der Waals surface area contributed by atoms with E-state index in [1.165, 1.54) is 14.2 Å². The Hall–Kier alpha value is -1.91. The first-order valence-corrected chi connectivity index (χ1v) is 8.16. The molecule has 0 heterocycles. The monoisotopic (exact) mass is 367 g/mol. The number of hydrogen-bond acceptors (Lipinski definition) is 3. The number of halogens is 2. The van der Waals surface area contributed by atoms with Gasteiger partial charge in [0.1, 0.15) is 11.5 Å². The summed E-state index contributed by atoms with van der Waals surface area (Å²) >= 11 is 12.2. The van der Waals surface area contributed by atoms with Crippen molar-refractivity contribution in [3.63, 3.8) is 0 Å². The van der Waals surface area contributed by atoms with Crippen LogP contribution >= 0.6 is 23.2 Å². The molecule has 2 aromatic rings. The predicted octanol–water partition coefficient (Wildman–Crippen LogP) is 4.89. The fourth-order valence-electron chi connectivity index (χ4n) is 2.22. The van der Waals surface area contributed by atoms with Gasteiger partial charge in [-0.25, -0.2) is 0 Å². The summed E-state index contributed by atoms with van der Waals surface area (Å²) in [7, 11) is 3.04. The molecule has 0 saturated heterocycles. The van der Waals surface area contributed by atoms with Crippen LogP contribution in [0.5, 0.6) is 11.5 Å². The van der Waals surface area contributed by atoms with Crippen LogP contribution in [0.15, 0.2) is 30.3 Å². The van der Waals surface area contributed by atoms with Gasteiger partial charge in [-0.15, -0.1) is 0 Å². The van der Waals surface area contributed by atoms with Crippen molar-refractivity contribution < 1.29 is 14.3 Å². The van der Waals surface area contributed by atoms with E-state index in [0.29, 0.717) is 40.1 Å². The molecule has 1 amide bonds. The summed E-state index contributed by atoms with van der Waals surface area (Å²) in [6.45, 7) is 1.94. The van der Waals surface area contributed by atoms with Crippen LogP contribution in [0, 0.1) is 6.92 Å². The Balaban J connectivity index is 2.04. The lowest BCUT2D eigenvalue weighted by Crippen LogP contribution is -2.13. The van der Waals surface area contributed by atoms with Crippen molar-refractivity contribution >= 4 is 34.8 Å². The SMILES string of the molecule is COc1cc(OC)c(NC(=O)CCc2ccc(C)c(Cl)c2)cc1Cl. The van der Waals surface area contributed by atoms with Gasteiger partial charge in [0.15, 0.2) is 0 Å². The highest BCUT2D eigenvalue weighted by molar-refractivity contribution is 6.32. The summed E-state index contributed by atoms with van der Waals surface area (Å²) in [5.41, 5.74) is 2.54. The Morgan fingerprint density at radius 2 is 1.75 bits per heavy atom. The minimum atomic E-state index is -0.133. The van der Waals surface area contributed by atoms with Gasteiger partial charge in [-0.1, -0.05) is 35.3 Å². The van der Waals surface area contributed by atoms with E-state index in [4.69, 9.17) is 32.7 Å². The Bertz CT molecular complexity index is 747. The second-order valence-electron chi connectivity index (χ2n) is 5.32. The van der Waals surface area contributed by atoms with Crippen molar-refractivity contribution in [3.05, 3.63) is 51.5 Å². The van der Waals surface area contributed by atoms with Gasteiger partial charge in [-0.3, -0.25) is 4.79 Å². The fourth-order valence-corrected chi connectivity index (χ4v) is 2.66. The third-order valence-corrected chi connectivity index (χ3v) is 4.33. The molecule has 128 valence electrons. The maximum atomic E-state index is 12.2. The number of carbonyl (C=O) groups is 1. The van der Waals surface area contributed by atoms with Gasteiger partial charge in [0.05, 0.1) is 24.9 Å². The molecule has 0 saturated carbocycles. The van der Waals surface area contributed by atoms with Crippen molar-refractivity contribution in [2.45, 2.75) is 19.8 Å². The molecule has 0 aromatic heterocycles. The van der Waals surface area contributed by atoms with Crippen LogP contribution in [0.3, 0.4) is 0 Å². The highest BCUT2D eigenvalue weighted by atomic mass is 35.5. The number of hydrogen-bond donors (Lipinski definition) is 1. The molecule has 0 radical (unpaired) electrons. The van der Waals surface area contributed by atoms with E-state index in [0.717, 1.165) is 11.1 Å². The van der Waals surface area contributed by atoms with Crippen LogP contribution in [0.25, 0.3) is 0 Å². The average molecular weight is 368 g/mol. The van der Waals surface area contributed by atoms with Gasteiger partial charge in [0.2, 0.25) is 5.91 Å². The predicted molar refractivity (Wildman–Crippen MR) is 97.7 cm³/mol. The minimum absolute atomic E-state index is 0.133. The first-order chi connectivity index (χ1) is 11.4. The lowest BCUT2D eigenvalue weighted by atomic mass is 10.1.